The van der Waals surface area contributed by atoms with Gasteiger partial charge in [-0.2, -0.15) is 0 Å². The van der Waals surface area contributed by atoms with Crippen LogP contribution >= 0.6 is 0 Å². The summed E-state index contributed by atoms with van der Waals surface area (Å²) in [6.07, 6.45) is 3.65. The minimum absolute atomic E-state index is 0.200. The van der Waals surface area contributed by atoms with Gasteiger partial charge in [0.05, 0.1) is 13.7 Å². The van der Waals surface area contributed by atoms with E-state index >= 15 is 0 Å². The van der Waals surface area contributed by atoms with Crippen molar-refractivity contribution >= 4 is 16.7 Å². The van der Waals surface area contributed by atoms with E-state index in [1.807, 2.05) is 25.1 Å². The standard InChI is InChI=1S/C18H24N2O2/c1-12-6-4-5-9-20(12)11-17(21)18-13(2)19-16-8-7-14(22-3)10-15(16)18/h7-8,10,12,19H,4-6,9,11H2,1-3H3. The van der Waals surface area contributed by atoms with E-state index in [2.05, 4.69) is 16.8 Å². The summed E-state index contributed by atoms with van der Waals surface area (Å²) in [5.74, 6) is 0.984. The maximum atomic E-state index is 12.9. The van der Waals surface area contributed by atoms with Crippen LogP contribution in [0.2, 0.25) is 0 Å². The Hall–Kier alpha value is -1.81. The number of ether oxygens (including phenoxy) is 1. The van der Waals surface area contributed by atoms with E-state index in [4.69, 9.17) is 4.74 Å². The lowest BCUT2D eigenvalue weighted by Crippen LogP contribution is -2.40. The van der Waals surface area contributed by atoms with E-state index in [9.17, 15) is 4.79 Å². The summed E-state index contributed by atoms with van der Waals surface area (Å²) in [6.45, 7) is 5.72. The SMILES string of the molecule is COc1ccc2[nH]c(C)c(C(=O)CN3CCCCC3C)c2c1. The molecule has 0 spiro atoms. The van der Waals surface area contributed by atoms with Crippen LogP contribution in [0, 0.1) is 6.92 Å². The zero-order valence-electron chi connectivity index (χ0n) is 13.6. The zero-order chi connectivity index (χ0) is 15.7. The molecule has 2 aromatic rings. The zero-order valence-corrected chi connectivity index (χ0v) is 13.6. The molecule has 0 saturated carbocycles. The van der Waals surface area contributed by atoms with Gasteiger partial charge in [-0.05, 0) is 51.4 Å². The number of fused-ring (bicyclic) bond motifs is 1. The molecule has 4 heteroatoms. The van der Waals surface area contributed by atoms with Gasteiger partial charge in [0.2, 0.25) is 0 Å². The number of aryl methyl sites for hydroxylation is 1. The van der Waals surface area contributed by atoms with Crippen LogP contribution in [-0.2, 0) is 0 Å². The number of carbonyl (C=O) groups excluding carboxylic acids is 1. The molecule has 22 heavy (non-hydrogen) atoms. The summed E-state index contributed by atoms with van der Waals surface area (Å²) in [5, 5.41) is 0.964. The summed E-state index contributed by atoms with van der Waals surface area (Å²) < 4.78 is 5.30. The number of rotatable bonds is 4. The molecule has 4 nitrogen and oxygen atoms in total. The van der Waals surface area contributed by atoms with Gasteiger partial charge in [0.25, 0.3) is 0 Å². The highest BCUT2D eigenvalue weighted by Gasteiger charge is 2.23. The van der Waals surface area contributed by atoms with Gasteiger partial charge in [0, 0.05) is 28.2 Å². The molecular formula is C18H24N2O2. The molecular weight excluding hydrogens is 276 g/mol. The number of methoxy groups -OCH3 is 1. The van der Waals surface area contributed by atoms with E-state index in [-0.39, 0.29) is 5.78 Å². The maximum absolute atomic E-state index is 12.9. The maximum Gasteiger partial charge on any atom is 0.179 e. The molecule has 1 atom stereocenters. The highest BCUT2D eigenvalue weighted by Crippen LogP contribution is 2.27. The van der Waals surface area contributed by atoms with Crippen molar-refractivity contribution in [1.82, 2.24) is 9.88 Å². The summed E-state index contributed by atoms with van der Waals surface area (Å²) in [4.78, 5) is 18.5. The fourth-order valence-corrected chi connectivity index (χ4v) is 3.45. The van der Waals surface area contributed by atoms with E-state index in [1.54, 1.807) is 7.11 Å². The van der Waals surface area contributed by atoms with Crippen LogP contribution in [-0.4, -0.2) is 41.9 Å². The smallest absolute Gasteiger partial charge is 0.179 e. The van der Waals surface area contributed by atoms with Crippen LogP contribution in [0.15, 0.2) is 18.2 Å². The van der Waals surface area contributed by atoms with Crippen molar-refractivity contribution in [3.05, 3.63) is 29.5 Å². The molecule has 1 saturated heterocycles. The lowest BCUT2D eigenvalue weighted by Gasteiger charge is -2.32. The number of Topliss-reactive ketones (excluding diaryl/α,β-unsaturated/α-hetero) is 1. The summed E-state index contributed by atoms with van der Waals surface area (Å²) in [7, 11) is 1.65. The van der Waals surface area contributed by atoms with Crippen LogP contribution in [0.4, 0.5) is 0 Å². The number of aromatic amines is 1. The third kappa shape index (κ3) is 2.75. The summed E-state index contributed by atoms with van der Waals surface area (Å²) in [6, 6.07) is 6.34. The highest BCUT2D eigenvalue weighted by molar-refractivity contribution is 6.10. The number of hydrogen-bond donors (Lipinski definition) is 1. The Balaban J connectivity index is 1.91. The van der Waals surface area contributed by atoms with Crippen molar-refractivity contribution in [2.45, 2.75) is 39.2 Å². The average Bonchev–Trinajstić information content (AvgIpc) is 2.84. The molecule has 3 rings (SSSR count). The number of nitrogens with one attached hydrogen (secondary N) is 1. The van der Waals surface area contributed by atoms with Gasteiger partial charge in [0.15, 0.2) is 5.78 Å². The lowest BCUT2D eigenvalue weighted by atomic mass is 10.0. The number of aromatic nitrogens is 1. The first-order chi connectivity index (χ1) is 10.6. The molecule has 1 N–H and O–H groups in total. The van der Waals surface area contributed by atoms with Crippen molar-refractivity contribution in [3.63, 3.8) is 0 Å². The van der Waals surface area contributed by atoms with Gasteiger partial charge in [-0.3, -0.25) is 9.69 Å². The molecule has 1 aliphatic heterocycles. The van der Waals surface area contributed by atoms with Crippen LogP contribution in [0.25, 0.3) is 10.9 Å². The van der Waals surface area contributed by atoms with Crippen molar-refractivity contribution in [2.24, 2.45) is 0 Å². The van der Waals surface area contributed by atoms with Crippen molar-refractivity contribution in [3.8, 4) is 5.75 Å². The average molecular weight is 300 g/mol. The molecule has 0 bridgehead atoms. The normalized spacial score (nSPS) is 19.5. The Labute approximate surface area is 131 Å². The molecule has 1 aliphatic rings. The minimum atomic E-state index is 0.200. The summed E-state index contributed by atoms with van der Waals surface area (Å²) in [5.41, 5.74) is 2.75. The van der Waals surface area contributed by atoms with Gasteiger partial charge in [-0.25, -0.2) is 0 Å². The first-order valence-electron chi connectivity index (χ1n) is 8.03. The Morgan fingerprint density at radius 2 is 2.23 bits per heavy atom. The first-order valence-corrected chi connectivity index (χ1v) is 8.03. The number of carbonyl (C=O) groups is 1. The second-order valence-corrected chi connectivity index (χ2v) is 6.27. The molecule has 0 aliphatic carbocycles. The largest absolute Gasteiger partial charge is 0.497 e. The van der Waals surface area contributed by atoms with Gasteiger partial charge >= 0.3 is 0 Å². The van der Waals surface area contributed by atoms with E-state index < -0.39 is 0 Å². The van der Waals surface area contributed by atoms with Gasteiger partial charge < -0.3 is 9.72 Å². The number of likely N-dealkylation sites (tertiary alicyclic amines) is 1. The third-order valence-corrected chi connectivity index (χ3v) is 4.76. The molecule has 1 fully saturated rings. The van der Waals surface area contributed by atoms with Crippen LogP contribution in [0.5, 0.6) is 5.75 Å². The number of H-pyrrole nitrogens is 1. The Morgan fingerprint density at radius 1 is 1.41 bits per heavy atom. The topological polar surface area (TPSA) is 45.3 Å². The predicted molar refractivity (Wildman–Crippen MR) is 88.8 cm³/mol. The van der Waals surface area contributed by atoms with Crippen molar-refractivity contribution in [2.75, 3.05) is 20.2 Å². The van der Waals surface area contributed by atoms with E-state index in [0.717, 1.165) is 34.5 Å². The molecule has 1 unspecified atom stereocenters. The summed E-state index contributed by atoms with van der Waals surface area (Å²) >= 11 is 0. The fraction of sp³-hybridized carbons (Fsp3) is 0.500. The van der Waals surface area contributed by atoms with Crippen LogP contribution in [0.3, 0.4) is 0 Å². The predicted octanol–water partition coefficient (Wildman–Crippen LogP) is 3.54. The monoisotopic (exact) mass is 300 g/mol. The molecule has 1 aromatic heterocycles. The van der Waals surface area contributed by atoms with Gasteiger partial charge in [0.1, 0.15) is 5.75 Å². The number of hydrogen-bond acceptors (Lipinski definition) is 3. The molecule has 118 valence electrons. The van der Waals surface area contributed by atoms with Crippen molar-refractivity contribution < 1.29 is 9.53 Å². The highest BCUT2D eigenvalue weighted by atomic mass is 16.5. The minimum Gasteiger partial charge on any atom is -0.497 e. The van der Waals surface area contributed by atoms with Gasteiger partial charge in [-0.15, -0.1) is 0 Å². The molecule has 2 heterocycles. The molecule has 0 radical (unpaired) electrons. The quantitative estimate of drug-likeness (QED) is 0.878. The van der Waals surface area contributed by atoms with Gasteiger partial charge in [-0.1, -0.05) is 6.42 Å². The Morgan fingerprint density at radius 3 is 2.95 bits per heavy atom. The van der Waals surface area contributed by atoms with E-state index in [0.29, 0.717) is 12.6 Å². The number of ketones is 1. The molecule has 1 aromatic carbocycles. The van der Waals surface area contributed by atoms with Crippen molar-refractivity contribution in [1.29, 1.82) is 0 Å². The van der Waals surface area contributed by atoms with Crippen LogP contribution in [0.1, 0.15) is 42.2 Å². The third-order valence-electron chi connectivity index (χ3n) is 4.76. The first kappa shape index (κ1) is 15.1. The number of nitrogens with zero attached hydrogens (tertiary/aromatic N) is 1. The Kier molecular flexibility index (Phi) is 4.21. The van der Waals surface area contributed by atoms with Crippen LogP contribution < -0.4 is 4.74 Å². The lowest BCUT2D eigenvalue weighted by molar-refractivity contribution is 0.0861. The number of benzene rings is 1. The second kappa shape index (κ2) is 6.13. The fourth-order valence-electron chi connectivity index (χ4n) is 3.45. The Bertz CT molecular complexity index is 690. The second-order valence-electron chi connectivity index (χ2n) is 6.27. The molecule has 0 amide bonds. The number of piperidine rings is 1. The van der Waals surface area contributed by atoms with E-state index in [1.165, 1.54) is 19.3 Å².